The molecule has 11 heteroatoms. The predicted molar refractivity (Wildman–Crippen MR) is 342 cm³/mol. The summed E-state index contributed by atoms with van der Waals surface area (Å²) in [5, 5.41) is 0. The minimum atomic E-state index is -1.03. The van der Waals surface area contributed by atoms with Gasteiger partial charge >= 0.3 is 5.97 Å². The van der Waals surface area contributed by atoms with Crippen LogP contribution in [0.25, 0.3) is 0 Å². The molecule has 1 heterocycles. The van der Waals surface area contributed by atoms with Gasteiger partial charge in [0.05, 0.1) is 0 Å². The van der Waals surface area contributed by atoms with Crippen molar-refractivity contribution < 1.29 is 52.2 Å². The summed E-state index contributed by atoms with van der Waals surface area (Å²) in [6.07, 6.45) is -1.90. The Bertz CT molecular complexity index is 3940. The zero-order valence-corrected chi connectivity index (χ0v) is 49.1. The lowest BCUT2D eigenvalue weighted by molar-refractivity contribution is -0.0194. The summed E-state index contributed by atoms with van der Waals surface area (Å²) in [4.78, 5) is 15.8. The molecule has 0 fully saturated rings. The number of hydrogen-bond acceptors (Lipinski definition) is 11. The second-order valence-electron chi connectivity index (χ2n) is 21.4. The fourth-order valence-electron chi connectivity index (χ4n) is 10.3. The van der Waals surface area contributed by atoms with Crippen LogP contribution in [0.5, 0.6) is 51.7 Å². The molecule has 0 aromatic heterocycles. The molecule has 0 saturated carbocycles. The van der Waals surface area contributed by atoms with Gasteiger partial charge in [0.1, 0.15) is 81.8 Å². The first kappa shape index (κ1) is 58.5. The smallest absolute Gasteiger partial charge is 0.342 e. The summed E-state index contributed by atoms with van der Waals surface area (Å²) in [5.41, 5.74) is 8.84. The molecule has 0 bridgehead atoms. The van der Waals surface area contributed by atoms with E-state index in [4.69, 9.17) is 47.4 Å². The minimum Gasteiger partial charge on any atom is -0.489 e. The lowest BCUT2D eigenvalue weighted by atomic mass is 9.93. The molecule has 11 aromatic rings. The lowest BCUT2D eigenvalue weighted by Gasteiger charge is -2.35. The van der Waals surface area contributed by atoms with E-state index in [1.54, 1.807) is 12.1 Å². The van der Waals surface area contributed by atoms with Crippen molar-refractivity contribution in [3.8, 4) is 51.7 Å². The Balaban J connectivity index is 0.986. The van der Waals surface area contributed by atoms with E-state index in [2.05, 4.69) is 0 Å². The molecule has 444 valence electrons. The van der Waals surface area contributed by atoms with Crippen LogP contribution in [-0.2, 0) is 64.0 Å². The summed E-state index contributed by atoms with van der Waals surface area (Å²) in [6.45, 7) is 1.62. The van der Waals surface area contributed by atoms with Crippen molar-refractivity contribution in [2.24, 2.45) is 0 Å². The van der Waals surface area contributed by atoms with Crippen LogP contribution in [0.15, 0.2) is 279 Å². The monoisotopic (exact) mass is 1180 g/mol. The third kappa shape index (κ3) is 15.8. The van der Waals surface area contributed by atoms with Crippen LogP contribution in [0.3, 0.4) is 0 Å². The molecule has 0 unspecified atom stereocenters. The Hall–Kier alpha value is -10.9. The SMILES string of the molecule is O=C(O[C@@H]1Cc2c(OCc3ccccc3)cc(OCc3ccccc3)cc2O[C@@H]1c1cc(OCc2ccccc2)c(OCc2ccccc2)c(OCc2ccccc2)c1)c1ccc(OCc2ccccc2)c(OCc2ccccc2)c1OCc1ccccc1. The first-order valence-electron chi connectivity index (χ1n) is 29.7. The van der Waals surface area contributed by atoms with E-state index < -0.39 is 18.2 Å². The van der Waals surface area contributed by atoms with Crippen LogP contribution in [0.1, 0.15) is 72.1 Å². The molecule has 0 amide bonds. The first-order chi connectivity index (χ1) is 44.0. The quantitative estimate of drug-likeness (QED) is 0.0459. The predicted octanol–water partition coefficient (Wildman–Crippen LogP) is 17.2. The average Bonchev–Trinajstić information content (AvgIpc) is 2.24. The molecule has 11 nitrogen and oxygen atoms in total. The minimum absolute atomic E-state index is 0.0977. The van der Waals surface area contributed by atoms with Gasteiger partial charge in [-0.05, 0) is 68.8 Å². The third-order valence-corrected chi connectivity index (χ3v) is 14.9. The van der Waals surface area contributed by atoms with Crippen LogP contribution in [0, 0.1) is 0 Å². The average molecular weight is 1180 g/mol. The molecule has 0 spiro atoms. The molecule has 0 N–H and O–H groups in total. The number of hydrogen-bond donors (Lipinski definition) is 0. The van der Waals surface area contributed by atoms with Gasteiger partial charge in [-0.15, -0.1) is 0 Å². The largest absolute Gasteiger partial charge is 0.489 e. The molecule has 1 aliphatic heterocycles. The zero-order valence-electron chi connectivity index (χ0n) is 49.1. The van der Waals surface area contributed by atoms with Gasteiger partial charge in [-0.2, -0.15) is 0 Å². The number of carbonyl (C=O) groups excluding carboxylic acids is 1. The van der Waals surface area contributed by atoms with E-state index in [9.17, 15) is 0 Å². The van der Waals surface area contributed by atoms with Gasteiger partial charge in [0, 0.05) is 29.7 Å². The number of ether oxygens (including phenoxy) is 10. The number of esters is 1. The Morgan fingerprint density at radius 3 is 1.07 bits per heavy atom. The van der Waals surface area contributed by atoms with E-state index in [1.165, 1.54) is 0 Å². The number of carbonyl (C=O) groups is 1. The Morgan fingerprint density at radius 1 is 0.326 bits per heavy atom. The van der Waals surface area contributed by atoms with Crippen molar-refractivity contribution in [2.75, 3.05) is 0 Å². The highest BCUT2D eigenvalue weighted by molar-refractivity contribution is 5.94. The summed E-state index contributed by atoms with van der Waals surface area (Å²) in [6, 6.07) is 90.0. The molecular weight excluding hydrogens is 1110 g/mol. The molecule has 89 heavy (non-hydrogen) atoms. The maximum atomic E-state index is 15.8. The molecule has 0 radical (unpaired) electrons. The van der Waals surface area contributed by atoms with Gasteiger partial charge in [-0.25, -0.2) is 4.79 Å². The highest BCUT2D eigenvalue weighted by atomic mass is 16.6. The molecule has 11 aromatic carbocycles. The van der Waals surface area contributed by atoms with Gasteiger partial charge in [0.15, 0.2) is 29.1 Å². The summed E-state index contributed by atoms with van der Waals surface area (Å²) in [7, 11) is 0. The fraction of sp³-hybridized carbons (Fsp3) is 0.141. The number of fused-ring (bicyclic) bond motifs is 1. The second kappa shape index (κ2) is 29.5. The van der Waals surface area contributed by atoms with Crippen molar-refractivity contribution in [1.82, 2.24) is 0 Å². The molecular formula is C78H66O11. The number of rotatable bonds is 27. The highest BCUT2D eigenvalue weighted by Crippen LogP contribution is 2.49. The van der Waals surface area contributed by atoms with Crippen LogP contribution in [-0.4, -0.2) is 12.1 Å². The van der Waals surface area contributed by atoms with Crippen LogP contribution in [0.2, 0.25) is 0 Å². The molecule has 1 aliphatic rings. The summed E-state index contributed by atoms with van der Waals surface area (Å²) >= 11 is 0. The number of benzene rings is 11. The second-order valence-corrected chi connectivity index (χ2v) is 21.4. The topological polar surface area (TPSA) is 109 Å². The molecule has 0 aliphatic carbocycles. The van der Waals surface area contributed by atoms with Crippen molar-refractivity contribution in [2.45, 2.75) is 71.5 Å². The fourth-order valence-corrected chi connectivity index (χ4v) is 10.3. The van der Waals surface area contributed by atoms with Gasteiger partial charge in [-0.3, -0.25) is 0 Å². The van der Waals surface area contributed by atoms with Crippen molar-refractivity contribution in [3.05, 3.63) is 340 Å². The van der Waals surface area contributed by atoms with Gasteiger partial charge in [0.25, 0.3) is 0 Å². The Kier molecular flexibility index (Phi) is 19.4. The maximum Gasteiger partial charge on any atom is 0.342 e. The van der Waals surface area contributed by atoms with Gasteiger partial charge < -0.3 is 47.4 Å². The molecule has 2 atom stereocenters. The van der Waals surface area contributed by atoms with E-state index in [0.29, 0.717) is 51.4 Å². The van der Waals surface area contributed by atoms with Crippen LogP contribution < -0.4 is 42.6 Å². The van der Waals surface area contributed by atoms with E-state index >= 15 is 4.79 Å². The van der Waals surface area contributed by atoms with E-state index in [-0.39, 0.29) is 76.3 Å². The van der Waals surface area contributed by atoms with Gasteiger partial charge in [0.2, 0.25) is 11.5 Å². The van der Waals surface area contributed by atoms with Crippen LogP contribution in [0.4, 0.5) is 0 Å². The standard InChI is InChI=1S/C78H66O11/c79-78(66-41-42-68(81-49-57-27-11-2-12-28-57)77(87-55-63-39-23-8-24-40-63)75(66)85-53-61-35-19-6-20-36-61)89-73-47-67-69(82-50-58-29-13-3-14-30-58)45-65(80-48-56-25-9-1-10-26-56)46-70(67)88-74(73)64-43-71(83-51-59-31-15-4-16-32-59)76(86-54-62-37-21-7-22-38-62)72(44-64)84-52-60-33-17-5-18-34-60/h1-46,73-74H,47-55H2/t73-,74-/m1/s1. The Morgan fingerprint density at radius 2 is 0.663 bits per heavy atom. The lowest BCUT2D eigenvalue weighted by Crippen LogP contribution is -2.35. The summed E-state index contributed by atoms with van der Waals surface area (Å²) < 4.78 is 68.1. The molecule has 0 saturated heterocycles. The van der Waals surface area contributed by atoms with E-state index in [1.807, 2.05) is 267 Å². The maximum absolute atomic E-state index is 15.8. The zero-order chi connectivity index (χ0) is 60.2. The van der Waals surface area contributed by atoms with Gasteiger partial charge in [-0.1, -0.05) is 243 Å². The van der Waals surface area contributed by atoms with E-state index in [0.717, 1.165) is 44.5 Å². The van der Waals surface area contributed by atoms with Crippen molar-refractivity contribution >= 4 is 5.97 Å². The highest BCUT2D eigenvalue weighted by Gasteiger charge is 2.39. The summed E-state index contributed by atoms with van der Waals surface area (Å²) in [5.74, 6) is 2.72. The third-order valence-electron chi connectivity index (χ3n) is 14.9. The molecule has 12 rings (SSSR count). The normalized spacial score (nSPS) is 13.2. The van der Waals surface area contributed by atoms with Crippen molar-refractivity contribution in [3.63, 3.8) is 0 Å². The Labute approximate surface area is 519 Å². The van der Waals surface area contributed by atoms with Crippen LogP contribution >= 0.6 is 0 Å². The van der Waals surface area contributed by atoms with Crippen molar-refractivity contribution in [1.29, 1.82) is 0 Å². The first-order valence-corrected chi connectivity index (χ1v) is 29.7.